The highest BCUT2D eigenvalue weighted by molar-refractivity contribution is 6.30. The van der Waals surface area contributed by atoms with Crippen LogP contribution in [0.25, 0.3) is 11.3 Å². The van der Waals surface area contributed by atoms with Crippen molar-refractivity contribution < 1.29 is 0 Å². The average Bonchev–Trinajstić information content (AvgIpc) is 2.41. The molecule has 0 aliphatic heterocycles. The Balaban J connectivity index is 2.58. The van der Waals surface area contributed by atoms with E-state index in [1.807, 2.05) is 31.2 Å². The van der Waals surface area contributed by atoms with Crippen molar-refractivity contribution in [1.29, 1.82) is 0 Å². The van der Waals surface area contributed by atoms with Crippen molar-refractivity contribution in [2.45, 2.75) is 33.4 Å². The Kier molecular flexibility index (Phi) is 4.80. The highest BCUT2D eigenvalue weighted by Gasteiger charge is 2.13. The monoisotopic (exact) mass is 305 g/mol. The quantitative estimate of drug-likeness (QED) is 0.943. The molecule has 0 saturated carbocycles. The fraction of sp³-hybridized carbons (Fsp3) is 0.375. The lowest BCUT2D eigenvalue weighted by Gasteiger charge is -2.14. The van der Waals surface area contributed by atoms with Gasteiger partial charge in [-0.15, -0.1) is 0 Å². The molecule has 0 fully saturated rings. The van der Waals surface area contributed by atoms with Gasteiger partial charge in [-0.2, -0.15) is 5.10 Å². The van der Waals surface area contributed by atoms with Gasteiger partial charge < -0.3 is 5.73 Å². The summed E-state index contributed by atoms with van der Waals surface area (Å²) >= 11 is 5.91. The van der Waals surface area contributed by atoms with Crippen LogP contribution in [0.2, 0.25) is 5.02 Å². The first-order valence-electron chi connectivity index (χ1n) is 7.02. The molecule has 0 amide bonds. The van der Waals surface area contributed by atoms with Gasteiger partial charge in [-0.25, -0.2) is 4.68 Å². The summed E-state index contributed by atoms with van der Waals surface area (Å²) in [5.74, 6) is 0.330. The van der Waals surface area contributed by atoms with Crippen molar-refractivity contribution in [2.24, 2.45) is 11.7 Å². The summed E-state index contributed by atoms with van der Waals surface area (Å²) in [4.78, 5) is 12.4. The Hall–Kier alpha value is -1.65. The van der Waals surface area contributed by atoms with E-state index in [0.717, 1.165) is 11.3 Å². The van der Waals surface area contributed by atoms with Crippen LogP contribution in [0.1, 0.15) is 32.4 Å². The third-order valence-electron chi connectivity index (χ3n) is 3.17. The molecule has 4 nitrogen and oxygen atoms in total. The number of benzene rings is 1. The SMILES string of the molecule is CC(C)Cn1nc(-c2ccc(Cl)cc2)cc(C(C)N)c1=O. The highest BCUT2D eigenvalue weighted by Crippen LogP contribution is 2.20. The normalized spacial score (nSPS) is 12.7. The summed E-state index contributed by atoms with van der Waals surface area (Å²) in [5.41, 5.74) is 8.04. The summed E-state index contributed by atoms with van der Waals surface area (Å²) in [5, 5.41) is 5.13. The van der Waals surface area contributed by atoms with Gasteiger partial charge in [-0.1, -0.05) is 37.6 Å². The number of rotatable bonds is 4. The number of halogens is 1. The van der Waals surface area contributed by atoms with E-state index in [2.05, 4.69) is 18.9 Å². The molecule has 1 unspecified atom stereocenters. The molecule has 2 aromatic rings. The summed E-state index contributed by atoms with van der Waals surface area (Å²) in [6.45, 7) is 6.48. The minimum absolute atomic E-state index is 0.114. The van der Waals surface area contributed by atoms with E-state index in [1.54, 1.807) is 6.07 Å². The predicted octanol–water partition coefficient (Wildman–Crippen LogP) is 3.24. The molecule has 0 aliphatic rings. The molecule has 2 N–H and O–H groups in total. The lowest BCUT2D eigenvalue weighted by atomic mass is 10.1. The van der Waals surface area contributed by atoms with Crippen LogP contribution in [0.5, 0.6) is 0 Å². The standard InChI is InChI=1S/C16H20ClN3O/c1-10(2)9-20-16(21)14(11(3)18)8-15(19-20)12-4-6-13(17)7-5-12/h4-8,10-11H,9,18H2,1-3H3. The largest absolute Gasteiger partial charge is 0.324 e. The van der Waals surface area contributed by atoms with Crippen LogP contribution in [0.4, 0.5) is 0 Å². The molecule has 5 heteroatoms. The first kappa shape index (κ1) is 15.7. The fourth-order valence-electron chi connectivity index (χ4n) is 2.12. The van der Waals surface area contributed by atoms with E-state index in [0.29, 0.717) is 23.0 Å². The Bertz CT molecular complexity index is 675. The minimum Gasteiger partial charge on any atom is -0.324 e. The predicted molar refractivity (Wildman–Crippen MR) is 86.4 cm³/mol. The zero-order valence-electron chi connectivity index (χ0n) is 12.5. The lowest BCUT2D eigenvalue weighted by Crippen LogP contribution is -2.31. The second-order valence-corrected chi connectivity index (χ2v) is 6.10. The smallest absolute Gasteiger partial charge is 0.271 e. The number of hydrogen-bond donors (Lipinski definition) is 1. The van der Waals surface area contributed by atoms with Crippen molar-refractivity contribution in [3.8, 4) is 11.3 Å². The molecule has 1 heterocycles. The Morgan fingerprint density at radius 2 is 1.86 bits per heavy atom. The van der Waals surface area contributed by atoms with Crippen LogP contribution in [-0.4, -0.2) is 9.78 Å². The molecule has 2 rings (SSSR count). The van der Waals surface area contributed by atoms with Gasteiger partial charge in [0.2, 0.25) is 0 Å². The Labute approximate surface area is 129 Å². The number of hydrogen-bond acceptors (Lipinski definition) is 3. The van der Waals surface area contributed by atoms with Crippen molar-refractivity contribution >= 4 is 11.6 Å². The maximum absolute atomic E-state index is 12.4. The third-order valence-corrected chi connectivity index (χ3v) is 3.42. The molecule has 0 bridgehead atoms. The Morgan fingerprint density at radius 3 is 2.38 bits per heavy atom. The summed E-state index contributed by atoms with van der Waals surface area (Å²) in [7, 11) is 0. The maximum Gasteiger partial charge on any atom is 0.271 e. The molecule has 1 aromatic carbocycles. The highest BCUT2D eigenvalue weighted by atomic mass is 35.5. The Morgan fingerprint density at radius 1 is 1.24 bits per heavy atom. The molecule has 0 saturated heterocycles. The molecular weight excluding hydrogens is 286 g/mol. The van der Waals surface area contributed by atoms with Crippen LogP contribution >= 0.6 is 11.6 Å². The molecule has 1 atom stereocenters. The van der Waals surface area contributed by atoms with Gasteiger partial charge in [-0.05, 0) is 31.0 Å². The van der Waals surface area contributed by atoms with Gasteiger partial charge in [0.25, 0.3) is 5.56 Å². The van der Waals surface area contributed by atoms with E-state index in [-0.39, 0.29) is 11.6 Å². The lowest BCUT2D eigenvalue weighted by molar-refractivity contribution is 0.460. The second-order valence-electron chi connectivity index (χ2n) is 5.66. The van der Waals surface area contributed by atoms with Crippen LogP contribution in [0.3, 0.4) is 0 Å². The molecule has 1 aromatic heterocycles. The first-order chi connectivity index (χ1) is 9.88. The van der Waals surface area contributed by atoms with Gasteiger partial charge in [0.15, 0.2) is 0 Å². The van der Waals surface area contributed by atoms with Gasteiger partial charge >= 0.3 is 0 Å². The van der Waals surface area contributed by atoms with Gasteiger partial charge in [-0.3, -0.25) is 4.79 Å². The second kappa shape index (κ2) is 6.41. The zero-order valence-corrected chi connectivity index (χ0v) is 13.3. The maximum atomic E-state index is 12.4. The number of nitrogens with zero attached hydrogens (tertiary/aromatic N) is 2. The fourth-order valence-corrected chi connectivity index (χ4v) is 2.25. The van der Waals surface area contributed by atoms with E-state index < -0.39 is 0 Å². The van der Waals surface area contributed by atoms with Crippen LogP contribution in [-0.2, 0) is 6.54 Å². The number of nitrogens with two attached hydrogens (primary N) is 1. The third kappa shape index (κ3) is 3.71. The van der Waals surface area contributed by atoms with Gasteiger partial charge in [0, 0.05) is 28.7 Å². The number of aromatic nitrogens is 2. The molecule has 112 valence electrons. The topological polar surface area (TPSA) is 60.9 Å². The summed E-state index contributed by atoms with van der Waals surface area (Å²) in [6.07, 6.45) is 0. The van der Waals surface area contributed by atoms with Crippen LogP contribution in [0, 0.1) is 5.92 Å². The summed E-state index contributed by atoms with van der Waals surface area (Å²) in [6, 6.07) is 8.83. The first-order valence-corrected chi connectivity index (χ1v) is 7.40. The molecule has 0 radical (unpaired) electrons. The van der Waals surface area contributed by atoms with E-state index in [4.69, 9.17) is 17.3 Å². The van der Waals surface area contributed by atoms with Gasteiger partial charge in [0.1, 0.15) is 0 Å². The minimum atomic E-state index is -0.329. The molecular formula is C16H20ClN3O. The van der Waals surface area contributed by atoms with Crippen molar-refractivity contribution in [2.75, 3.05) is 0 Å². The van der Waals surface area contributed by atoms with E-state index >= 15 is 0 Å². The van der Waals surface area contributed by atoms with Crippen molar-refractivity contribution in [3.63, 3.8) is 0 Å². The molecule has 0 aliphatic carbocycles. The van der Waals surface area contributed by atoms with Crippen LogP contribution in [0.15, 0.2) is 35.1 Å². The van der Waals surface area contributed by atoms with Crippen molar-refractivity contribution in [1.82, 2.24) is 9.78 Å². The van der Waals surface area contributed by atoms with Crippen molar-refractivity contribution in [3.05, 3.63) is 51.3 Å². The summed E-state index contributed by atoms with van der Waals surface area (Å²) < 4.78 is 1.51. The van der Waals surface area contributed by atoms with Gasteiger partial charge in [0.05, 0.1) is 5.69 Å². The zero-order chi connectivity index (χ0) is 15.6. The van der Waals surface area contributed by atoms with E-state index in [1.165, 1.54) is 4.68 Å². The van der Waals surface area contributed by atoms with E-state index in [9.17, 15) is 4.79 Å². The average molecular weight is 306 g/mol. The molecule has 21 heavy (non-hydrogen) atoms. The molecule has 0 spiro atoms. The van der Waals surface area contributed by atoms with Crippen LogP contribution < -0.4 is 11.3 Å².